The SMILES string of the molecule is Cc1ncnc(NCC(=O)N2CCCC2)c1F. The third-order valence-corrected chi connectivity index (χ3v) is 2.83. The van der Waals surface area contributed by atoms with Gasteiger partial charge in [0.25, 0.3) is 0 Å². The van der Waals surface area contributed by atoms with Crippen LogP contribution in [0.3, 0.4) is 0 Å². The van der Waals surface area contributed by atoms with Crippen LogP contribution in [-0.4, -0.2) is 40.4 Å². The van der Waals surface area contributed by atoms with E-state index >= 15 is 0 Å². The lowest BCUT2D eigenvalue weighted by Crippen LogP contribution is -2.33. The fourth-order valence-electron chi connectivity index (χ4n) is 1.82. The average molecular weight is 238 g/mol. The van der Waals surface area contributed by atoms with Crippen molar-refractivity contribution in [3.05, 3.63) is 17.8 Å². The molecule has 1 aromatic heterocycles. The fraction of sp³-hybridized carbons (Fsp3) is 0.545. The Hall–Kier alpha value is -1.72. The summed E-state index contributed by atoms with van der Waals surface area (Å²) in [5.74, 6) is -0.426. The van der Waals surface area contributed by atoms with Crippen molar-refractivity contribution in [1.29, 1.82) is 0 Å². The highest BCUT2D eigenvalue weighted by Crippen LogP contribution is 2.12. The van der Waals surface area contributed by atoms with Crippen LogP contribution >= 0.6 is 0 Å². The van der Waals surface area contributed by atoms with E-state index in [4.69, 9.17) is 0 Å². The van der Waals surface area contributed by atoms with Gasteiger partial charge in [0.2, 0.25) is 5.91 Å². The molecule has 0 saturated carbocycles. The van der Waals surface area contributed by atoms with Gasteiger partial charge in [-0.2, -0.15) is 0 Å². The predicted octanol–water partition coefficient (Wildman–Crippen LogP) is 0.958. The number of nitrogens with zero attached hydrogens (tertiary/aromatic N) is 3. The Kier molecular flexibility index (Phi) is 3.51. The quantitative estimate of drug-likeness (QED) is 0.852. The van der Waals surface area contributed by atoms with E-state index in [2.05, 4.69) is 15.3 Å². The smallest absolute Gasteiger partial charge is 0.241 e. The second-order valence-corrected chi connectivity index (χ2v) is 4.06. The monoisotopic (exact) mass is 238 g/mol. The number of carbonyl (C=O) groups excluding carboxylic acids is 1. The van der Waals surface area contributed by atoms with Gasteiger partial charge in [-0.3, -0.25) is 4.79 Å². The van der Waals surface area contributed by atoms with Gasteiger partial charge in [-0.25, -0.2) is 14.4 Å². The van der Waals surface area contributed by atoms with Crippen LogP contribution < -0.4 is 5.32 Å². The normalized spacial score (nSPS) is 15.1. The number of likely N-dealkylation sites (tertiary alicyclic amines) is 1. The second kappa shape index (κ2) is 5.07. The van der Waals surface area contributed by atoms with E-state index in [9.17, 15) is 9.18 Å². The lowest BCUT2D eigenvalue weighted by molar-refractivity contribution is -0.128. The van der Waals surface area contributed by atoms with Gasteiger partial charge >= 0.3 is 0 Å². The van der Waals surface area contributed by atoms with Gasteiger partial charge in [-0.05, 0) is 19.8 Å². The Morgan fingerprint density at radius 2 is 2.18 bits per heavy atom. The molecule has 2 heterocycles. The molecule has 1 amide bonds. The van der Waals surface area contributed by atoms with Crippen LogP contribution in [0.4, 0.5) is 10.2 Å². The maximum Gasteiger partial charge on any atom is 0.241 e. The highest BCUT2D eigenvalue weighted by atomic mass is 19.1. The Balaban J connectivity index is 1.93. The number of anilines is 1. The third-order valence-electron chi connectivity index (χ3n) is 2.83. The molecule has 1 aliphatic heterocycles. The summed E-state index contributed by atoms with van der Waals surface area (Å²) in [6, 6.07) is 0. The zero-order valence-electron chi connectivity index (χ0n) is 9.74. The largest absolute Gasteiger partial charge is 0.358 e. The first-order chi connectivity index (χ1) is 8.18. The van der Waals surface area contributed by atoms with Gasteiger partial charge in [0, 0.05) is 13.1 Å². The molecule has 1 saturated heterocycles. The van der Waals surface area contributed by atoms with E-state index in [1.807, 2.05) is 0 Å². The summed E-state index contributed by atoms with van der Waals surface area (Å²) < 4.78 is 13.5. The number of aryl methyl sites for hydroxylation is 1. The topological polar surface area (TPSA) is 58.1 Å². The molecule has 92 valence electrons. The van der Waals surface area contributed by atoms with Crippen molar-refractivity contribution in [2.75, 3.05) is 25.0 Å². The van der Waals surface area contributed by atoms with Gasteiger partial charge in [0.1, 0.15) is 6.33 Å². The second-order valence-electron chi connectivity index (χ2n) is 4.06. The van der Waals surface area contributed by atoms with Crippen LogP contribution in [0.5, 0.6) is 0 Å². The molecule has 0 spiro atoms. The highest BCUT2D eigenvalue weighted by Gasteiger charge is 2.18. The summed E-state index contributed by atoms with van der Waals surface area (Å²) in [6.45, 7) is 3.23. The molecule has 0 unspecified atom stereocenters. The number of carbonyl (C=O) groups is 1. The first kappa shape index (κ1) is 11.8. The molecule has 1 aliphatic rings. The van der Waals surface area contributed by atoms with Gasteiger partial charge in [0.15, 0.2) is 11.6 Å². The van der Waals surface area contributed by atoms with Gasteiger partial charge in [0.05, 0.1) is 12.2 Å². The van der Waals surface area contributed by atoms with Crippen molar-refractivity contribution in [1.82, 2.24) is 14.9 Å². The van der Waals surface area contributed by atoms with Crippen LogP contribution in [0.2, 0.25) is 0 Å². The summed E-state index contributed by atoms with van der Waals surface area (Å²) in [5.41, 5.74) is 0.274. The predicted molar refractivity (Wildman–Crippen MR) is 61.0 cm³/mol. The Bertz CT molecular complexity index is 418. The number of aromatic nitrogens is 2. The lowest BCUT2D eigenvalue weighted by atomic mass is 10.4. The van der Waals surface area contributed by atoms with Crippen molar-refractivity contribution >= 4 is 11.7 Å². The Morgan fingerprint density at radius 3 is 2.88 bits per heavy atom. The molecule has 6 heteroatoms. The first-order valence-electron chi connectivity index (χ1n) is 5.67. The fourth-order valence-corrected chi connectivity index (χ4v) is 1.82. The number of hydrogen-bond donors (Lipinski definition) is 1. The van der Waals surface area contributed by atoms with Crippen LogP contribution in [0.15, 0.2) is 6.33 Å². The van der Waals surface area contributed by atoms with E-state index < -0.39 is 5.82 Å². The van der Waals surface area contributed by atoms with Crippen molar-refractivity contribution < 1.29 is 9.18 Å². The molecule has 0 radical (unpaired) electrons. The van der Waals surface area contributed by atoms with Crippen molar-refractivity contribution in [3.8, 4) is 0 Å². The van der Waals surface area contributed by atoms with Crippen molar-refractivity contribution in [3.63, 3.8) is 0 Å². The van der Waals surface area contributed by atoms with E-state index in [1.165, 1.54) is 6.33 Å². The minimum Gasteiger partial charge on any atom is -0.358 e. The van der Waals surface area contributed by atoms with E-state index in [0.29, 0.717) is 0 Å². The molecular weight excluding hydrogens is 223 g/mol. The highest BCUT2D eigenvalue weighted by molar-refractivity contribution is 5.80. The molecule has 0 aromatic carbocycles. The maximum absolute atomic E-state index is 13.5. The number of halogens is 1. The lowest BCUT2D eigenvalue weighted by Gasteiger charge is -2.15. The van der Waals surface area contributed by atoms with Crippen LogP contribution in [-0.2, 0) is 4.79 Å². The maximum atomic E-state index is 13.5. The minimum absolute atomic E-state index is 0.0156. The summed E-state index contributed by atoms with van der Waals surface area (Å²) in [5, 5.41) is 2.71. The standard InChI is InChI=1S/C11H15FN4O/c1-8-10(12)11(15-7-14-8)13-6-9(17)16-4-2-3-5-16/h7H,2-6H2,1H3,(H,13,14,15). The summed E-state index contributed by atoms with van der Waals surface area (Å²) in [7, 11) is 0. The zero-order valence-corrected chi connectivity index (χ0v) is 9.74. The number of hydrogen-bond acceptors (Lipinski definition) is 4. The van der Waals surface area contributed by atoms with Crippen molar-refractivity contribution in [2.24, 2.45) is 0 Å². The molecule has 0 bridgehead atoms. The molecule has 5 nitrogen and oxygen atoms in total. The van der Waals surface area contributed by atoms with E-state index in [-0.39, 0.29) is 24.0 Å². The van der Waals surface area contributed by atoms with Crippen LogP contribution in [0.1, 0.15) is 18.5 Å². The molecule has 1 fully saturated rings. The first-order valence-corrected chi connectivity index (χ1v) is 5.67. The Labute approximate surface area is 99.1 Å². The minimum atomic E-state index is -0.498. The number of amides is 1. The average Bonchev–Trinajstić information content (AvgIpc) is 2.84. The van der Waals surface area contributed by atoms with Crippen molar-refractivity contribution in [2.45, 2.75) is 19.8 Å². The molecule has 0 aliphatic carbocycles. The summed E-state index contributed by atoms with van der Waals surface area (Å²) in [4.78, 5) is 21.0. The number of rotatable bonds is 3. The van der Waals surface area contributed by atoms with E-state index in [1.54, 1.807) is 11.8 Å². The molecule has 1 N–H and O–H groups in total. The zero-order chi connectivity index (χ0) is 12.3. The molecule has 1 aromatic rings. The van der Waals surface area contributed by atoms with Gasteiger partial charge < -0.3 is 10.2 Å². The van der Waals surface area contributed by atoms with Gasteiger partial charge in [-0.1, -0.05) is 0 Å². The molecule has 2 rings (SSSR count). The summed E-state index contributed by atoms with van der Waals surface area (Å²) in [6.07, 6.45) is 3.38. The molecular formula is C11H15FN4O. The number of nitrogens with one attached hydrogen (secondary N) is 1. The Morgan fingerprint density at radius 1 is 1.47 bits per heavy atom. The third kappa shape index (κ3) is 2.69. The van der Waals surface area contributed by atoms with Gasteiger partial charge in [-0.15, -0.1) is 0 Å². The van der Waals surface area contributed by atoms with E-state index in [0.717, 1.165) is 25.9 Å². The molecule has 17 heavy (non-hydrogen) atoms. The van der Waals surface area contributed by atoms with Crippen LogP contribution in [0, 0.1) is 12.7 Å². The molecule has 0 atom stereocenters. The van der Waals surface area contributed by atoms with Crippen LogP contribution in [0.25, 0.3) is 0 Å². The summed E-state index contributed by atoms with van der Waals surface area (Å²) >= 11 is 0.